The van der Waals surface area contributed by atoms with Crippen molar-refractivity contribution in [1.29, 1.82) is 0 Å². The molecule has 3 aromatic rings. The number of hydrogen-bond acceptors (Lipinski definition) is 6. The Morgan fingerprint density at radius 1 is 1.18 bits per heavy atom. The van der Waals surface area contributed by atoms with Gasteiger partial charge < -0.3 is 13.6 Å². The van der Waals surface area contributed by atoms with Gasteiger partial charge in [0.1, 0.15) is 0 Å². The summed E-state index contributed by atoms with van der Waals surface area (Å²) in [5, 5.41) is 0.762. The van der Waals surface area contributed by atoms with Crippen LogP contribution in [0.1, 0.15) is 29.0 Å². The van der Waals surface area contributed by atoms with Crippen LogP contribution in [0.2, 0.25) is 0 Å². The molecular formula is C21H19NO6. The van der Waals surface area contributed by atoms with Gasteiger partial charge in [-0.05, 0) is 30.9 Å². The fourth-order valence-corrected chi connectivity index (χ4v) is 3.13. The maximum atomic E-state index is 13.0. The molecule has 0 spiro atoms. The van der Waals surface area contributed by atoms with Gasteiger partial charge in [0.05, 0.1) is 19.8 Å². The van der Waals surface area contributed by atoms with E-state index < -0.39 is 11.5 Å². The van der Waals surface area contributed by atoms with Crippen molar-refractivity contribution in [3.05, 3.63) is 64.4 Å². The monoisotopic (exact) mass is 381 g/mol. The molecule has 1 fully saturated rings. The van der Waals surface area contributed by atoms with Gasteiger partial charge in [0.2, 0.25) is 5.91 Å². The predicted octanol–water partition coefficient (Wildman–Crippen LogP) is 3.02. The van der Waals surface area contributed by atoms with E-state index in [1.165, 1.54) is 29.4 Å². The lowest BCUT2D eigenvalue weighted by Gasteiger charge is -2.20. The highest BCUT2D eigenvalue weighted by molar-refractivity contribution is 6.04. The van der Waals surface area contributed by atoms with Crippen LogP contribution in [0, 0.1) is 5.92 Å². The van der Waals surface area contributed by atoms with Gasteiger partial charge >= 0.3 is 5.63 Å². The second-order valence-corrected chi connectivity index (χ2v) is 6.84. The maximum absolute atomic E-state index is 13.0. The average Bonchev–Trinajstić information content (AvgIpc) is 3.44. The molecule has 0 atom stereocenters. The fourth-order valence-electron chi connectivity index (χ4n) is 3.13. The first kappa shape index (κ1) is 18.0. The quantitative estimate of drug-likeness (QED) is 0.652. The molecule has 1 aliphatic carbocycles. The van der Waals surface area contributed by atoms with Gasteiger partial charge in [-0.2, -0.15) is 0 Å². The zero-order chi connectivity index (χ0) is 19.7. The number of nitrogens with zero attached hydrogens (tertiary/aromatic N) is 1. The summed E-state index contributed by atoms with van der Waals surface area (Å²) in [5.74, 6) is -0.230. The maximum Gasteiger partial charge on any atom is 0.336 e. The number of imide groups is 1. The summed E-state index contributed by atoms with van der Waals surface area (Å²) in [6.45, 7) is 0.315. The van der Waals surface area contributed by atoms with Gasteiger partial charge in [0, 0.05) is 23.6 Å². The Hall–Kier alpha value is -3.35. The molecule has 0 radical (unpaired) electrons. The number of furan rings is 1. The van der Waals surface area contributed by atoms with Crippen LogP contribution >= 0.6 is 0 Å². The van der Waals surface area contributed by atoms with Crippen molar-refractivity contribution in [2.24, 2.45) is 5.92 Å². The Morgan fingerprint density at radius 3 is 2.68 bits per heavy atom. The van der Waals surface area contributed by atoms with Crippen molar-refractivity contribution in [2.75, 3.05) is 13.7 Å². The molecule has 7 nitrogen and oxygen atoms in total. The first-order valence-electron chi connectivity index (χ1n) is 9.04. The lowest BCUT2D eigenvalue weighted by Crippen LogP contribution is -2.39. The summed E-state index contributed by atoms with van der Waals surface area (Å²) in [6, 6.07) is 9.49. The van der Waals surface area contributed by atoms with E-state index in [1.54, 1.807) is 13.2 Å². The number of carbonyl (C=O) groups excluding carboxylic acids is 2. The molecule has 2 aromatic heterocycles. The van der Waals surface area contributed by atoms with Crippen LogP contribution in [0.5, 0.6) is 5.75 Å². The molecular weight excluding hydrogens is 362 g/mol. The zero-order valence-corrected chi connectivity index (χ0v) is 15.3. The summed E-state index contributed by atoms with van der Waals surface area (Å²) in [7, 11) is 1.55. The number of hydrogen-bond donors (Lipinski definition) is 0. The molecule has 7 heteroatoms. The third kappa shape index (κ3) is 3.55. The van der Waals surface area contributed by atoms with E-state index in [9.17, 15) is 14.4 Å². The molecule has 1 aliphatic rings. The van der Waals surface area contributed by atoms with Gasteiger partial charge in [-0.3, -0.25) is 14.5 Å². The number of methoxy groups -OCH3 is 1. The number of ether oxygens (including phenoxy) is 1. The Kier molecular flexibility index (Phi) is 4.73. The number of rotatable bonds is 6. The fraction of sp³-hybridized carbons (Fsp3) is 0.286. The molecule has 144 valence electrons. The second-order valence-electron chi connectivity index (χ2n) is 6.84. The van der Waals surface area contributed by atoms with Crippen LogP contribution in [-0.4, -0.2) is 30.4 Å². The van der Waals surface area contributed by atoms with Crippen molar-refractivity contribution in [3.8, 4) is 5.75 Å². The van der Waals surface area contributed by atoms with Crippen molar-refractivity contribution >= 4 is 22.8 Å². The molecule has 1 saturated carbocycles. The number of benzene rings is 1. The van der Waals surface area contributed by atoms with E-state index in [-0.39, 0.29) is 18.1 Å². The van der Waals surface area contributed by atoms with E-state index in [2.05, 4.69) is 0 Å². The van der Waals surface area contributed by atoms with E-state index in [0.29, 0.717) is 29.4 Å². The summed E-state index contributed by atoms with van der Waals surface area (Å²) >= 11 is 0. The van der Waals surface area contributed by atoms with Crippen LogP contribution in [-0.2, 0) is 11.2 Å². The van der Waals surface area contributed by atoms with Crippen molar-refractivity contribution < 1.29 is 23.2 Å². The Balaban J connectivity index is 1.61. The minimum absolute atomic E-state index is 0.00427. The number of carbonyl (C=O) groups is 2. The Morgan fingerprint density at radius 2 is 1.96 bits per heavy atom. The second kappa shape index (κ2) is 7.34. The Labute approximate surface area is 160 Å². The van der Waals surface area contributed by atoms with Crippen molar-refractivity contribution in [2.45, 2.75) is 19.3 Å². The molecule has 28 heavy (non-hydrogen) atoms. The van der Waals surface area contributed by atoms with Crippen molar-refractivity contribution in [3.63, 3.8) is 0 Å². The number of fused-ring (bicyclic) bond motifs is 1. The highest BCUT2D eigenvalue weighted by Gasteiger charge is 2.32. The third-order valence-corrected chi connectivity index (χ3v) is 4.79. The number of amides is 2. The summed E-state index contributed by atoms with van der Waals surface area (Å²) in [6.07, 6.45) is 3.45. The average molecular weight is 381 g/mol. The zero-order valence-electron chi connectivity index (χ0n) is 15.3. The van der Waals surface area contributed by atoms with E-state index in [1.807, 2.05) is 12.1 Å². The highest BCUT2D eigenvalue weighted by atomic mass is 16.5. The van der Waals surface area contributed by atoms with Gasteiger partial charge in [-0.1, -0.05) is 18.2 Å². The molecule has 1 aromatic carbocycles. The van der Waals surface area contributed by atoms with Crippen LogP contribution in [0.4, 0.5) is 0 Å². The van der Waals surface area contributed by atoms with Crippen LogP contribution in [0.3, 0.4) is 0 Å². The molecule has 0 N–H and O–H groups in total. The van der Waals surface area contributed by atoms with Crippen LogP contribution in [0.15, 0.2) is 56.3 Å². The summed E-state index contributed by atoms with van der Waals surface area (Å²) in [5.41, 5.74) is 0.599. The molecule has 2 heterocycles. The van der Waals surface area contributed by atoms with Crippen molar-refractivity contribution in [1.82, 2.24) is 4.90 Å². The van der Waals surface area contributed by atoms with Gasteiger partial charge in [-0.15, -0.1) is 0 Å². The SMILES string of the molecule is COc1cccc2c(CC(=O)N(CC3CC3)C(=O)c3cccc(=O)o3)coc12. The highest BCUT2D eigenvalue weighted by Crippen LogP contribution is 2.32. The largest absolute Gasteiger partial charge is 0.493 e. The molecule has 2 amide bonds. The minimum Gasteiger partial charge on any atom is -0.493 e. The first-order chi connectivity index (χ1) is 13.6. The van der Waals surface area contributed by atoms with Gasteiger partial charge in [-0.25, -0.2) is 4.79 Å². The van der Waals surface area contributed by atoms with E-state index in [4.69, 9.17) is 13.6 Å². The smallest absolute Gasteiger partial charge is 0.336 e. The van der Waals surface area contributed by atoms with Crippen LogP contribution < -0.4 is 10.4 Å². The lowest BCUT2D eigenvalue weighted by molar-refractivity contribution is -0.128. The lowest BCUT2D eigenvalue weighted by atomic mass is 10.1. The first-order valence-corrected chi connectivity index (χ1v) is 9.04. The summed E-state index contributed by atoms with van der Waals surface area (Å²) in [4.78, 5) is 38.4. The normalized spacial score (nSPS) is 13.5. The van der Waals surface area contributed by atoms with Crippen LogP contribution in [0.25, 0.3) is 11.0 Å². The van der Waals surface area contributed by atoms with Gasteiger partial charge in [0.25, 0.3) is 5.91 Å². The van der Waals surface area contributed by atoms with E-state index in [0.717, 1.165) is 18.2 Å². The Bertz CT molecular complexity index is 1090. The molecule has 4 rings (SSSR count). The molecule has 0 bridgehead atoms. The molecule has 0 unspecified atom stereocenters. The molecule has 0 aliphatic heterocycles. The van der Waals surface area contributed by atoms with Gasteiger partial charge in [0.15, 0.2) is 17.1 Å². The summed E-state index contributed by atoms with van der Waals surface area (Å²) < 4.78 is 15.8. The van der Waals surface area contributed by atoms with E-state index >= 15 is 0 Å². The third-order valence-electron chi connectivity index (χ3n) is 4.79. The molecule has 0 saturated heterocycles. The number of para-hydroxylation sites is 1. The minimum atomic E-state index is -0.627. The predicted molar refractivity (Wildman–Crippen MR) is 100 cm³/mol. The topological polar surface area (TPSA) is 90.0 Å². The standard InChI is InChI=1S/C21H19NO6/c1-26-16-5-2-4-15-14(12-27-20(15)16)10-18(23)22(11-13-8-9-13)21(25)17-6-3-7-19(24)28-17/h2-7,12-13H,8-11H2,1H3.